The smallest absolute Gasteiger partial charge is 0.0107 e. The molecule has 94 valence electrons. The van der Waals surface area contributed by atoms with Gasteiger partial charge in [0, 0.05) is 25.7 Å². The summed E-state index contributed by atoms with van der Waals surface area (Å²) in [7, 11) is 0. The van der Waals surface area contributed by atoms with Crippen molar-refractivity contribution in [3.8, 4) is 0 Å². The van der Waals surface area contributed by atoms with Crippen LogP contribution in [0, 0.1) is 5.92 Å². The predicted molar refractivity (Wildman–Crippen MR) is 68.5 cm³/mol. The van der Waals surface area contributed by atoms with Crippen LogP contribution >= 0.6 is 0 Å². The third-order valence-corrected chi connectivity index (χ3v) is 4.16. The molecule has 1 saturated heterocycles. The topological polar surface area (TPSA) is 41.3 Å². The van der Waals surface area contributed by atoms with Crippen LogP contribution in [-0.4, -0.2) is 43.7 Å². The second-order valence-corrected chi connectivity index (χ2v) is 5.47. The molecule has 1 aliphatic carbocycles. The van der Waals surface area contributed by atoms with E-state index >= 15 is 0 Å². The van der Waals surface area contributed by atoms with Crippen molar-refractivity contribution in [2.45, 2.75) is 44.6 Å². The molecule has 2 fully saturated rings. The van der Waals surface area contributed by atoms with Gasteiger partial charge in [-0.15, -0.1) is 0 Å². The summed E-state index contributed by atoms with van der Waals surface area (Å²) in [6.07, 6.45) is 8.23. The Morgan fingerprint density at radius 3 is 2.75 bits per heavy atom. The molecule has 3 nitrogen and oxygen atoms in total. The number of nitrogens with zero attached hydrogens (tertiary/aromatic N) is 1. The SMILES string of the molecule is NCCC1CCN(CCNC2CCCC2)C1. The Labute approximate surface area is 99.8 Å². The second kappa shape index (κ2) is 6.58. The molecule has 0 bridgehead atoms. The van der Waals surface area contributed by atoms with Gasteiger partial charge in [-0.25, -0.2) is 0 Å². The molecular formula is C13H27N3. The number of likely N-dealkylation sites (tertiary alicyclic amines) is 1. The molecular weight excluding hydrogens is 198 g/mol. The normalized spacial score (nSPS) is 27.9. The Morgan fingerprint density at radius 1 is 1.19 bits per heavy atom. The van der Waals surface area contributed by atoms with E-state index in [1.807, 2.05) is 0 Å². The van der Waals surface area contributed by atoms with Gasteiger partial charge in [0.2, 0.25) is 0 Å². The largest absolute Gasteiger partial charge is 0.330 e. The van der Waals surface area contributed by atoms with Gasteiger partial charge in [-0.1, -0.05) is 12.8 Å². The van der Waals surface area contributed by atoms with Gasteiger partial charge in [-0.2, -0.15) is 0 Å². The van der Waals surface area contributed by atoms with Gasteiger partial charge >= 0.3 is 0 Å². The molecule has 0 aromatic heterocycles. The molecule has 1 aliphatic heterocycles. The fourth-order valence-corrected chi connectivity index (χ4v) is 3.14. The molecule has 2 aliphatic rings. The van der Waals surface area contributed by atoms with Crippen molar-refractivity contribution in [1.29, 1.82) is 0 Å². The third-order valence-electron chi connectivity index (χ3n) is 4.16. The summed E-state index contributed by atoms with van der Waals surface area (Å²) in [5, 5.41) is 3.69. The minimum Gasteiger partial charge on any atom is -0.330 e. The van der Waals surface area contributed by atoms with Crippen LogP contribution in [0.15, 0.2) is 0 Å². The Balaban J connectivity index is 1.53. The molecule has 1 saturated carbocycles. The monoisotopic (exact) mass is 225 g/mol. The lowest BCUT2D eigenvalue weighted by molar-refractivity contribution is 0.312. The van der Waals surface area contributed by atoms with Crippen molar-refractivity contribution in [3.05, 3.63) is 0 Å². The van der Waals surface area contributed by atoms with Crippen molar-refractivity contribution in [1.82, 2.24) is 10.2 Å². The van der Waals surface area contributed by atoms with E-state index in [0.717, 1.165) is 18.5 Å². The Bertz CT molecular complexity index is 190. The lowest BCUT2D eigenvalue weighted by atomic mass is 10.1. The summed E-state index contributed by atoms with van der Waals surface area (Å²) in [6.45, 7) is 5.84. The van der Waals surface area contributed by atoms with E-state index in [-0.39, 0.29) is 0 Å². The van der Waals surface area contributed by atoms with Crippen molar-refractivity contribution < 1.29 is 0 Å². The maximum atomic E-state index is 5.61. The molecule has 3 N–H and O–H groups in total. The first-order valence-corrected chi connectivity index (χ1v) is 7.04. The first-order chi connectivity index (χ1) is 7.88. The first kappa shape index (κ1) is 12.3. The summed E-state index contributed by atoms with van der Waals surface area (Å²) in [6, 6.07) is 0.822. The first-order valence-electron chi connectivity index (χ1n) is 7.04. The summed E-state index contributed by atoms with van der Waals surface area (Å²) < 4.78 is 0. The van der Waals surface area contributed by atoms with Crippen molar-refractivity contribution in [3.63, 3.8) is 0 Å². The van der Waals surface area contributed by atoms with Crippen LogP contribution < -0.4 is 11.1 Å². The molecule has 0 radical (unpaired) electrons. The zero-order chi connectivity index (χ0) is 11.2. The van der Waals surface area contributed by atoms with Crippen LogP contribution in [0.5, 0.6) is 0 Å². The van der Waals surface area contributed by atoms with E-state index in [4.69, 9.17) is 5.73 Å². The molecule has 0 aromatic rings. The molecule has 1 heterocycles. The van der Waals surface area contributed by atoms with E-state index in [0.29, 0.717) is 0 Å². The minimum absolute atomic E-state index is 0.822. The lowest BCUT2D eigenvalue weighted by Crippen LogP contribution is -2.35. The second-order valence-electron chi connectivity index (χ2n) is 5.47. The van der Waals surface area contributed by atoms with Gasteiger partial charge in [-0.05, 0) is 44.7 Å². The van der Waals surface area contributed by atoms with Gasteiger partial charge in [0.05, 0.1) is 0 Å². The summed E-state index contributed by atoms with van der Waals surface area (Å²) in [5.74, 6) is 0.872. The fraction of sp³-hybridized carbons (Fsp3) is 1.00. The Hall–Kier alpha value is -0.120. The molecule has 1 unspecified atom stereocenters. The molecule has 3 heteroatoms. The van der Waals surface area contributed by atoms with Gasteiger partial charge in [0.15, 0.2) is 0 Å². The van der Waals surface area contributed by atoms with Crippen LogP contribution in [0.3, 0.4) is 0 Å². The Kier molecular flexibility index (Phi) is 5.07. The molecule has 0 amide bonds. The number of hydrogen-bond acceptors (Lipinski definition) is 3. The highest BCUT2D eigenvalue weighted by atomic mass is 15.2. The summed E-state index contributed by atoms with van der Waals surface area (Å²) in [4.78, 5) is 2.60. The molecule has 1 atom stereocenters. The highest BCUT2D eigenvalue weighted by Gasteiger charge is 2.21. The maximum Gasteiger partial charge on any atom is 0.0107 e. The maximum absolute atomic E-state index is 5.61. The molecule has 0 aromatic carbocycles. The molecule has 2 rings (SSSR count). The van der Waals surface area contributed by atoms with E-state index in [1.54, 1.807) is 0 Å². The number of rotatable bonds is 6. The van der Waals surface area contributed by atoms with Gasteiger partial charge in [0.1, 0.15) is 0 Å². The lowest BCUT2D eigenvalue weighted by Gasteiger charge is -2.18. The highest BCUT2D eigenvalue weighted by molar-refractivity contribution is 4.78. The predicted octanol–water partition coefficient (Wildman–Crippen LogP) is 1.19. The average Bonchev–Trinajstić information content (AvgIpc) is 2.90. The van der Waals surface area contributed by atoms with E-state index in [9.17, 15) is 0 Å². The van der Waals surface area contributed by atoms with E-state index in [2.05, 4.69) is 10.2 Å². The fourth-order valence-electron chi connectivity index (χ4n) is 3.14. The standard InChI is InChI=1S/C13H27N3/c14-7-5-12-6-9-16(11-12)10-8-15-13-3-1-2-4-13/h12-13,15H,1-11,14H2. The van der Waals surface area contributed by atoms with E-state index in [1.165, 1.54) is 64.7 Å². The van der Waals surface area contributed by atoms with Gasteiger partial charge in [0.25, 0.3) is 0 Å². The van der Waals surface area contributed by atoms with Crippen LogP contribution in [0.4, 0.5) is 0 Å². The summed E-state index contributed by atoms with van der Waals surface area (Å²) >= 11 is 0. The average molecular weight is 225 g/mol. The molecule has 16 heavy (non-hydrogen) atoms. The van der Waals surface area contributed by atoms with Crippen molar-refractivity contribution in [2.24, 2.45) is 11.7 Å². The van der Waals surface area contributed by atoms with Gasteiger partial charge in [-0.3, -0.25) is 0 Å². The van der Waals surface area contributed by atoms with Crippen LogP contribution in [0.25, 0.3) is 0 Å². The zero-order valence-electron chi connectivity index (χ0n) is 10.5. The minimum atomic E-state index is 0.822. The van der Waals surface area contributed by atoms with Crippen LogP contribution in [0.2, 0.25) is 0 Å². The van der Waals surface area contributed by atoms with Crippen LogP contribution in [-0.2, 0) is 0 Å². The molecule has 0 spiro atoms. The Morgan fingerprint density at radius 2 is 2.00 bits per heavy atom. The van der Waals surface area contributed by atoms with Crippen molar-refractivity contribution in [2.75, 3.05) is 32.7 Å². The third kappa shape index (κ3) is 3.72. The quantitative estimate of drug-likeness (QED) is 0.713. The van der Waals surface area contributed by atoms with E-state index < -0.39 is 0 Å². The van der Waals surface area contributed by atoms with Crippen molar-refractivity contribution >= 4 is 0 Å². The zero-order valence-corrected chi connectivity index (χ0v) is 10.5. The van der Waals surface area contributed by atoms with Gasteiger partial charge < -0.3 is 16.0 Å². The number of nitrogens with one attached hydrogen (secondary N) is 1. The van der Waals surface area contributed by atoms with Crippen LogP contribution in [0.1, 0.15) is 38.5 Å². The summed E-state index contributed by atoms with van der Waals surface area (Å²) in [5.41, 5.74) is 5.61. The number of hydrogen-bond donors (Lipinski definition) is 2. The number of nitrogens with two attached hydrogens (primary N) is 1. The highest BCUT2D eigenvalue weighted by Crippen LogP contribution is 2.19.